The van der Waals surface area contributed by atoms with Crippen LogP contribution in [0.15, 0.2) is 53.0 Å². The highest BCUT2D eigenvalue weighted by Crippen LogP contribution is 2.41. The van der Waals surface area contributed by atoms with Gasteiger partial charge in [-0.2, -0.15) is 0 Å². The summed E-state index contributed by atoms with van der Waals surface area (Å²) in [5.74, 6) is 1.83. The third kappa shape index (κ3) is 5.04. The maximum Gasteiger partial charge on any atom is 0.188 e. The van der Waals surface area contributed by atoms with Gasteiger partial charge in [-0.25, -0.2) is 4.98 Å². The monoisotopic (exact) mass is 542 g/mol. The number of methoxy groups -OCH3 is 3. The first-order chi connectivity index (χ1) is 19.3. The normalized spacial score (nSPS) is 17.5. The standard InChI is InChI=1S/C31H34N4O5/c1-31(2)29(37)25-21(13-15-32-14-12-18-6-11-23(39-4)24(16-18)40-5)28(36)27-26(22(25)17-33-31)34-30(35-27)19-7-9-20(38-3)10-8-19/h6-11,16-17,21,32H,12-15H2,1-5H3,(H,34,35). The molecule has 0 bridgehead atoms. The smallest absolute Gasteiger partial charge is 0.188 e. The van der Waals surface area contributed by atoms with Gasteiger partial charge in [-0.1, -0.05) is 6.07 Å². The Morgan fingerprint density at radius 1 is 0.950 bits per heavy atom. The highest BCUT2D eigenvalue weighted by Gasteiger charge is 2.45. The molecule has 2 heterocycles. The van der Waals surface area contributed by atoms with E-state index >= 15 is 0 Å². The van der Waals surface area contributed by atoms with Crippen molar-refractivity contribution in [3.05, 3.63) is 65.0 Å². The van der Waals surface area contributed by atoms with Crippen LogP contribution >= 0.6 is 0 Å². The van der Waals surface area contributed by atoms with Crippen LogP contribution in [-0.2, 0) is 11.2 Å². The number of ketones is 2. The molecule has 40 heavy (non-hydrogen) atoms. The lowest BCUT2D eigenvalue weighted by molar-refractivity contribution is -0.119. The van der Waals surface area contributed by atoms with Crippen LogP contribution in [0.4, 0.5) is 0 Å². The first-order valence-corrected chi connectivity index (χ1v) is 13.3. The summed E-state index contributed by atoms with van der Waals surface area (Å²) >= 11 is 0. The van der Waals surface area contributed by atoms with Gasteiger partial charge >= 0.3 is 0 Å². The van der Waals surface area contributed by atoms with Gasteiger partial charge in [-0.3, -0.25) is 14.6 Å². The number of rotatable bonds is 10. The molecule has 0 spiro atoms. The zero-order valence-corrected chi connectivity index (χ0v) is 23.5. The third-order valence-corrected chi connectivity index (χ3v) is 7.49. The number of H-pyrrole nitrogens is 1. The van der Waals surface area contributed by atoms with E-state index < -0.39 is 11.5 Å². The average molecular weight is 543 g/mol. The lowest BCUT2D eigenvalue weighted by Gasteiger charge is -2.32. The van der Waals surface area contributed by atoms with Crippen LogP contribution in [0.1, 0.15) is 42.0 Å². The van der Waals surface area contributed by atoms with Gasteiger partial charge in [-0.15, -0.1) is 0 Å². The van der Waals surface area contributed by atoms with Crippen LogP contribution in [0.3, 0.4) is 0 Å². The van der Waals surface area contributed by atoms with Gasteiger partial charge in [0.25, 0.3) is 0 Å². The van der Waals surface area contributed by atoms with Gasteiger partial charge < -0.3 is 24.5 Å². The molecule has 0 saturated carbocycles. The number of carbonyl (C=O) groups is 2. The number of imidazole rings is 1. The highest BCUT2D eigenvalue weighted by molar-refractivity contribution is 6.30. The molecule has 9 heteroatoms. The number of carbonyl (C=O) groups excluding carboxylic acids is 2. The topological polar surface area (TPSA) is 115 Å². The minimum absolute atomic E-state index is 0.123. The first-order valence-electron chi connectivity index (χ1n) is 13.3. The Balaban J connectivity index is 1.34. The molecule has 208 valence electrons. The number of aliphatic imine (C=N–C) groups is 1. The summed E-state index contributed by atoms with van der Waals surface area (Å²) in [5, 5.41) is 3.44. The number of aromatic nitrogens is 2. The Bertz CT molecular complexity index is 1500. The van der Waals surface area contributed by atoms with Gasteiger partial charge in [0.05, 0.1) is 27.2 Å². The Morgan fingerprint density at radius 2 is 1.70 bits per heavy atom. The molecule has 1 unspecified atom stereocenters. The molecule has 2 aromatic carbocycles. The van der Waals surface area contributed by atoms with E-state index in [1.807, 2.05) is 42.5 Å². The summed E-state index contributed by atoms with van der Waals surface area (Å²) in [5.41, 5.74) is 3.03. The summed E-state index contributed by atoms with van der Waals surface area (Å²) < 4.78 is 16.0. The van der Waals surface area contributed by atoms with Crippen molar-refractivity contribution in [3.63, 3.8) is 0 Å². The molecule has 0 saturated heterocycles. The maximum atomic E-state index is 13.8. The first kappa shape index (κ1) is 27.3. The lowest BCUT2D eigenvalue weighted by atomic mass is 9.73. The molecule has 1 aliphatic heterocycles. The summed E-state index contributed by atoms with van der Waals surface area (Å²) in [6.07, 6.45) is 2.97. The molecule has 0 amide bonds. The molecule has 2 aliphatic rings. The SMILES string of the molecule is COc1ccc(-c2nc3c([nH]2)C(=O)C(CCNCCc2ccc(OC)c(OC)c2)C2=C3C=NC(C)(C)C2=O)cc1. The van der Waals surface area contributed by atoms with Crippen LogP contribution in [0.2, 0.25) is 0 Å². The van der Waals surface area contributed by atoms with Gasteiger partial charge in [0.1, 0.15) is 28.5 Å². The molecule has 2 N–H and O–H groups in total. The molecule has 0 radical (unpaired) electrons. The number of fused-ring (bicyclic) bond motifs is 2. The number of aromatic amines is 1. The minimum Gasteiger partial charge on any atom is -0.497 e. The highest BCUT2D eigenvalue weighted by atomic mass is 16.5. The number of nitrogens with zero attached hydrogens (tertiary/aromatic N) is 2. The Hall–Kier alpha value is -4.24. The molecular weight excluding hydrogens is 508 g/mol. The summed E-state index contributed by atoms with van der Waals surface area (Å²) in [4.78, 5) is 39.9. The van der Waals surface area contributed by atoms with Crippen molar-refractivity contribution in [1.29, 1.82) is 0 Å². The minimum atomic E-state index is -0.926. The van der Waals surface area contributed by atoms with Crippen LogP contribution in [0.5, 0.6) is 17.2 Å². The van der Waals surface area contributed by atoms with Gasteiger partial charge in [-0.05, 0) is 81.7 Å². The second kappa shape index (κ2) is 11.1. The maximum absolute atomic E-state index is 13.8. The van der Waals surface area contributed by atoms with E-state index in [1.165, 1.54) is 0 Å². The fourth-order valence-corrected chi connectivity index (χ4v) is 5.19. The van der Waals surface area contributed by atoms with Crippen molar-refractivity contribution in [2.24, 2.45) is 10.9 Å². The number of hydrogen-bond acceptors (Lipinski definition) is 8. The quantitative estimate of drug-likeness (QED) is 0.367. The predicted octanol–water partition coefficient (Wildman–Crippen LogP) is 4.32. The third-order valence-electron chi connectivity index (χ3n) is 7.49. The molecule has 1 aromatic heterocycles. The number of dihydropyridines is 1. The molecule has 0 fully saturated rings. The van der Waals surface area contributed by atoms with Gasteiger partial charge in [0.15, 0.2) is 23.1 Å². The van der Waals surface area contributed by atoms with Crippen molar-refractivity contribution in [2.45, 2.75) is 32.2 Å². The average Bonchev–Trinajstić information content (AvgIpc) is 3.42. The Kier molecular flexibility index (Phi) is 7.58. The van der Waals surface area contributed by atoms with Crippen LogP contribution in [0.25, 0.3) is 17.0 Å². The summed E-state index contributed by atoms with van der Waals surface area (Å²) in [6, 6.07) is 13.3. The molecule has 3 aromatic rings. The molecule has 1 aliphatic carbocycles. The Morgan fingerprint density at radius 3 is 2.40 bits per heavy atom. The zero-order chi connectivity index (χ0) is 28.4. The van der Waals surface area contributed by atoms with Crippen molar-refractivity contribution in [2.75, 3.05) is 34.4 Å². The van der Waals surface area contributed by atoms with E-state index in [9.17, 15) is 9.59 Å². The van der Waals surface area contributed by atoms with Gasteiger partial charge in [0, 0.05) is 22.9 Å². The molecular formula is C31H34N4O5. The summed E-state index contributed by atoms with van der Waals surface area (Å²) in [7, 11) is 4.84. The lowest BCUT2D eigenvalue weighted by Crippen LogP contribution is -2.41. The van der Waals surface area contributed by atoms with Crippen molar-refractivity contribution < 1.29 is 23.8 Å². The molecule has 5 rings (SSSR count). The fraction of sp³-hybridized carbons (Fsp3) is 0.355. The molecule has 9 nitrogen and oxygen atoms in total. The van der Waals surface area contributed by atoms with E-state index in [1.54, 1.807) is 41.4 Å². The fourth-order valence-electron chi connectivity index (χ4n) is 5.19. The van der Waals surface area contributed by atoms with Crippen LogP contribution < -0.4 is 19.5 Å². The van der Waals surface area contributed by atoms with E-state index in [0.29, 0.717) is 59.4 Å². The second-order valence-corrected chi connectivity index (χ2v) is 10.4. The number of ether oxygens (including phenoxy) is 3. The Labute approximate surface area is 233 Å². The van der Waals surface area contributed by atoms with Crippen molar-refractivity contribution in [1.82, 2.24) is 15.3 Å². The number of nitrogens with one attached hydrogen (secondary N) is 2. The van der Waals surface area contributed by atoms with Crippen molar-refractivity contribution in [3.8, 4) is 28.6 Å². The van der Waals surface area contributed by atoms with Gasteiger partial charge in [0.2, 0.25) is 0 Å². The van der Waals surface area contributed by atoms with E-state index in [-0.39, 0.29) is 11.6 Å². The predicted molar refractivity (Wildman–Crippen MR) is 154 cm³/mol. The molecule has 1 atom stereocenters. The second-order valence-electron chi connectivity index (χ2n) is 10.4. The van der Waals surface area contributed by atoms with E-state index in [0.717, 1.165) is 23.3 Å². The number of hydrogen-bond donors (Lipinski definition) is 2. The van der Waals surface area contributed by atoms with E-state index in [2.05, 4.69) is 15.3 Å². The number of allylic oxidation sites excluding steroid dienone is 1. The zero-order valence-electron chi connectivity index (χ0n) is 23.5. The largest absolute Gasteiger partial charge is 0.497 e. The number of Topliss-reactive ketones (excluding diaryl/α,β-unsaturated/α-hetero) is 2. The van der Waals surface area contributed by atoms with Crippen LogP contribution in [-0.4, -0.2) is 67.7 Å². The number of benzene rings is 2. The van der Waals surface area contributed by atoms with Crippen molar-refractivity contribution >= 4 is 23.4 Å². The summed E-state index contributed by atoms with van der Waals surface area (Å²) in [6.45, 7) is 4.84. The van der Waals surface area contributed by atoms with Crippen LogP contribution in [0, 0.1) is 5.92 Å². The van der Waals surface area contributed by atoms with E-state index in [4.69, 9.17) is 19.2 Å².